The number of carboxylic acid groups (broad SMARTS) is 1. The first-order chi connectivity index (χ1) is 8.58. The van der Waals surface area contributed by atoms with Crippen molar-refractivity contribution < 1.29 is 14.7 Å². The van der Waals surface area contributed by atoms with Crippen LogP contribution in [-0.2, 0) is 4.79 Å². The molecule has 1 atom stereocenters. The third kappa shape index (κ3) is 3.61. The summed E-state index contributed by atoms with van der Waals surface area (Å²) < 4.78 is 0. The van der Waals surface area contributed by atoms with Gasteiger partial charge in [0.15, 0.2) is 0 Å². The van der Waals surface area contributed by atoms with E-state index in [0.717, 1.165) is 0 Å². The van der Waals surface area contributed by atoms with Gasteiger partial charge in [-0.2, -0.15) is 0 Å². The van der Waals surface area contributed by atoms with E-state index in [-0.39, 0.29) is 18.0 Å². The van der Waals surface area contributed by atoms with Gasteiger partial charge in [0.25, 0.3) is 0 Å². The number of carbonyl (C=O) groups is 2. The number of nitrogens with zero attached hydrogens (tertiary/aromatic N) is 1. The number of hydrogen-bond donors (Lipinski definition) is 2. The maximum Gasteiger partial charge on any atom is 0.317 e. The lowest BCUT2D eigenvalue weighted by atomic mass is 9.81. The minimum Gasteiger partial charge on any atom is -0.481 e. The van der Waals surface area contributed by atoms with Gasteiger partial charge in [-0.1, -0.05) is 27.7 Å². The molecule has 0 radical (unpaired) electrons. The van der Waals surface area contributed by atoms with E-state index in [1.165, 1.54) is 0 Å². The maximum absolute atomic E-state index is 12.0. The fourth-order valence-corrected chi connectivity index (χ4v) is 1.93. The average Bonchev–Trinajstić information content (AvgIpc) is 2.70. The molecule has 0 aromatic rings. The molecule has 110 valence electrons. The van der Waals surface area contributed by atoms with Crippen LogP contribution in [-0.4, -0.2) is 41.6 Å². The van der Waals surface area contributed by atoms with Crippen molar-refractivity contribution in [1.82, 2.24) is 10.2 Å². The molecule has 0 bridgehead atoms. The monoisotopic (exact) mass is 270 g/mol. The second kappa shape index (κ2) is 5.39. The predicted molar refractivity (Wildman–Crippen MR) is 74.0 cm³/mol. The summed E-state index contributed by atoms with van der Waals surface area (Å²) in [4.78, 5) is 24.8. The van der Waals surface area contributed by atoms with Crippen molar-refractivity contribution in [2.75, 3.05) is 19.6 Å². The quantitative estimate of drug-likeness (QED) is 0.822. The standard InChI is InChI=1S/C14H26N2O3/c1-10(2)13(3,4)8-15-12(19)16-7-6-14(5,9-16)11(17)18/h10H,6-9H2,1-5H3,(H,15,19)(H,17,18). The molecule has 1 aliphatic heterocycles. The number of nitrogens with one attached hydrogen (secondary N) is 1. The van der Waals surface area contributed by atoms with Gasteiger partial charge in [-0.25, -0.2) is 4.79 Å². The highest BCUT2D eigenvalue weighted by atomic mass is 16.4. The number of carbonyl (C=O) groups excluding carboxylic acids is 1. The van der Waals surface area contributed by atoms with Crippen LogP contribution in [0, 0.1) is 16.7 Å². The first-order valence-electron chi connectivity index (χ1n) is 6.85. The highest BCUT2D eigenvalue weighted by molar-refractivity contribution is 5.79. The van der Waals surface area contributed by atoms with E-state index in [1.807, 2.05) is 0 Å². The Labute approximate surface area is 115 Å². The summed E-state index contributed by atoms with van der Waals surface area (Å²) in [5, 5.41) is 12.1. The summed E-state index contributed by atoms with van der Waals surface area (Å²) in [5.41, 5.74) is -0.767. The van der Waals surface area contributed by atoms with E-state index in [9.17, 15) is 9.59 Å². The largest absolute Gasteiger partial charge is 0.481 e. The van der Waals surface area contributed by atoms with Gasteiger partial charge in [-0.15, -0.1) is 0 Å². The lowest BCUT2D eigenvalue weighted by Gasteiger charge is -2.30. The Kier molecular flexibility index (Phi) is 4.48. The molecule has 19 heavy (non-hydrogen) atoms. The van der Waals surface area contributed by atoms with Crippen molar-refractivity contribution in [3.05, 3.63) is 0 Å². The summed E-state index contributed by atoms with van der Waals surface area (Å²) >= 11 is 0. The Morgan fingerprint density at radius 2 is 2.00 bits per heavy atom. The van der Waals surface area contributed by atoms with Crippen LogP contribution in [0.4, 0.5) is 4.79 Å². The minimum atomic E-state index is -0.828. The van der Waals surface area contributed by atoms with Crippen molar-refractivity contribution in [2.45, 2.75) is 41.0 Å². The Morgan fingerprint density at radius 1 is 1.42 bits per heavy atom. The fraction of sp³-hybridized carbons (Fsp3) is 0.857. The smallest absolute Gasteiger partial charge is 0.317 e. The molecule has 2 amide bonds. The van der Waals surface area contributed by atoms with Crippen LogP contribution in [0.1, 0.15) is 41.0 Å². The van der Waals surface area contributed by atoms with E-state index in [2.05, 4.69) is 33.0 Å². The van der Waals surface area contributed by atoms with Crippen LogP contribution in [0.3, 0.4) is 0 Å². The number of urea groups is 1. The van der Waals surface area contributed by atoms with E-state index in [0.29, 0.717) is 25.4 Å². The zero-order valence-electron chi connectivity index (χ0n) is 12.6. The molecule has 0 aliphatic carbocycles. The van der Waals surface area contributed by atoms with Gasteiger partial charge in [0.05, 0.1) is 5.41 Å². The first kappa shape index (κ1) is 15.8. The van der Waals surface area contributed by atoms with Gasteiger partial charge in [-0.3, -0.25) is 4.79 Å². The summed E-state index contributed by atoms with van der Waals surface area (Å²) in [6.07, 6.45) is 0.517. The van der Waals surface area contributed by atoms with Crippen LogP contribution < -0.4 is 5.32 Å². The fourth-order valence-electron chi connectivity index (χ4n) is 1.93. The summed E-state index contributed by atoms with van der Waals surface area (Å²) in [6, 6.07) is -0.154. The number of rotatable bonds is 4. The molecular formula is C14H26N2O3. The molecule has 1 heterocycles. The molecule has 2 N–H and O–H groups in total. The van der Waals surface area contributed by atoms with Crippen LogP contribution >= 0.6 is 0 Å². The van der Waals surface area contributed by atoms with Crippen LogP contribution in [0.2, 0.25) is 0 Å². The molecule has 1 saturated heterocycles. The van der Waals surface area contributed by atoms with Crippen LogP contribution in [0.5, 0.6) is 0 Å². The number of likely N-dealkylation sites (tertiary alicyclic amines) is 1. The highest BCUT2D eigenvalue weighted by Crippen LogP contribution is 2.30. The Hall–Kier alpha value is -1.26. The molecule has 1 fully saturated rings. The Balaban J connectivity index is 2.51. The van der Waals surface area contributed by atoms with Crippen molar-refractivity contribution in [1.29, 1.82) is 0 Å². The molecule has 5 heteroatoms. The lowest BCUT2D eigenvalue weighted by Crippen LogP contribution is -2.45. The predicted octanol–water partition coefficient (Wildman–Crippen LogP) is 2.17. The van der Waals surface area contributed by atoms with E-state index >= 15 is 0 Å². The Morgan fingerprint density at radius 3 is 2.42 bits per heavy atom. The van der Waals surface area contributed by atoms with Gasteiger partial charge in [0.1, 0.15) is 0 Å². The van der Waals surface area contributed by atoms with E-state index in [4.69, 9.17) is 5.11 Å². The maximum atomic E-state index is 12.0. The molecule has 0 spiro atoms. The molecule has 0 saturated carbocycles. The summed E-state index contributed by atoms with van der Waals surface area (Å²) in [6.45, 7) is 11.6. The third-order valence-electron chi connectivity index (χ3n) is 4.54. The van der Waals surface area contributed by atoms with E-state index < -0.39 is 11.4 Å². The molecule has 1 rings (SSSR count). The number of aliphatic carboxylic acids is 1. The zero-order valence-corrected chi connectivity index (χ0v) is 12.6. The third-order valence-corrected chi connectivity index (χ3v) is 4.54. The number of carboxylic acids is 1. The van der Waals surface area contributed by atoms with Gasteiger partial charge >= 0.3 is 12.0 Å². The van der Waals surface area contributed by atoms with Gasteiger partial charge in [0.2, 0.25) is 0 Å². The molecule has 1 unspecified atom stereocenters. The van der Waals surface area contributed by atoms with Crippen LogP contribution in [0.25, 0.3) is 0 Å². The SMILES string of the molecule is CC(C)C(C)(C)CNC(=O)N1CCC(C)(C(=O)O)C1. The molecule has 0 aromatic carbocycles. The van der Waals surface area contributed by atoms with E-state index in [1.54, 1.807) is 11.8 Å². The number of hydrogen-bond acceptors (Lipinski definition) is 2. The molecular weight excluding hydrogens is 244 g/mol. The molecule has 1 aliphatic rings. The Bertz CT molecular complexity index is 366. The second-order valence-electron chi connectivity index (χ2n) is 6.84. The summed E-state index contributed by atoms with van der Waals surface area (Å²) in [7, 11) is 0. The first-order valence-corrected chi connectivity index (χ1v) is 6.85. The van der Waals surface area contributed by atoms with Crippen molar-refractivity contribution in [3.8, 4) is 0 Å². The van der Waals surface area contributed by atoms with Gasteiger partial charge < -0.3 is 15.3 Å². The van der Waals surface area contributed by atoms with Crippen molar-refractivity contribution in [2.24, 2.45) is 16.7 Å². The number of amides is 2. The molecule has 5 nitrogen and oxygen atoms in total. The van der Waals surface area contributed by atoms with Gasteiger partial charge in [0, 0.05) is 19.6 Å². The summed E-state index contributed by atoms with van der Waals surface area (Å²) in [5.74, 6) is -0.360. The van der Waals surface area contributed by atoms with Gasteiger partial charge in [-0.05, 0) is 24.7 Å². The lowest BCUT2D eigenvalue weighted by molar-refractivity contribution is -0.147. The minimum absolute atomic E-state index is 0.0332. The van der Waals surface area contributed by atoms with Crippen LogP contribution in [0.15, 0.2) is 0 Å². The normalized spacial score (nSPS) is 23.8. The second-order valence-corrected chi connectivity index (χ2v) is 6.84. The molecule has 0 aromatic heterocycles. The zero-order chi connectivity index (χ0) is 14.8. The average molecular weight is 270 g/mol. The van der Waals surface area contributed by atoms with Crippen molar-refractivity contribution >= 4 is 12.0 Å². The highest BCUT2D eigenvalue weighted by Gasteiger charge is 2.42. The topological polar surface area (TPSA) is 69.6 Å². The van der Waals surface area contributed by atoms with Crippen molar-refractivity contribution in [3.63, 3.8) is 0 Å².